The maximum Gasteiger partial charge on any atom is 0.265 e. The summed E-state index contributed by atoms with van der Waals surface area (Å²) in [6.07, 6.45) is 0. The minimum atomic E-state index is -0.464. The van der Waals surface area contributed by atoms with Crippen LogP contribution in [0.5, 0.6) is 0 Å². The Hall–Kier alpha value is -2.08. The van der Waals surface area contributed by atoms with Gasteiger partial charge in [0.25, 0.3) is 5.91 Å². The van der Waals surface area contributed by atoms with E-state index < -0.39 is 5.91 Å². The lowest BCUT2D eigenvalue weighted by Gasteiger charge is -2.01. The number of hydrogen-bond donors (Lipinski definition) is 1. The monoisotopic (exact) mass is 172 g/mol. The van der Waals surface area contributed by atoms with E-state index in [1.54, 1.807) is 30.3 Å². The number of amides is 1. The van der Waals surface area contributed by atoms with Crippen LogP contribution in [0.4, 0.5) is 5.69 Å². The van der Waals surface area contributed by atoms with E-state index in [-0.39, 0.29) is 5.57 Å². The standard InChI is InChI=1S/C10H8N2O/c1-8(7-11)10(13)12-9-5-3-2-4-6-9/h2-6H,1H2,(H,12,13). The van der Waals surface area contributed by atoms with Crippen molar-refractivity contribution in [2.75, 3.05) is 5.32 Å². The number of carbonyl (C=O) groups is 1. The predicted molar refractivity (Wildman–Crippen MR) is 49.8 cm³/mol. The van der Waals surface area contributed by atoms with Crippen LogP contribution in [0.2, 0.25) is 0 Å². The van der Waals surface area contributed by atoms with Crippen molar-refractivity contribution in [3.63, 3.8) is 0 Å². The molecule has 0 aliphatic carbocycles. The third kappa shape index (κ3) is 2.46. The number of carbonyl (C=O) groups excluding carboxylic acids is 1. The number of para-hydroxylation sites is 1. The van der Waals surface area contributed by atoms with Gasteiger partial charge < -0.3 is 5.32 Å². The average molecular weight is 172 g/mol. The number of nitrogens with one attached hydrogen (secondary N) is 1. The van der Waals surface area contributed by atoms with Gasteiger partial charge in [-0.2, -0.15) is 5.26 Å². The van der Waals surface area contributed by atoms with Crippen molar-refractivity contribution in [2.45, 2.75) is 0 Å². The number of hydrogen-bond acceptors (Lipinski definition) is 2. The largest absolute Gasteiger partial charge is 0.321 e. The summed E-state index contributed by atoms with van der Waals surface area (Å²) in [6.45, 7) is 3.30. The molecule has 0 saturated carbocycles. The highest BCUT2D eigenvalue weighted by Crippen LogP contribution is 2.05. The Labute approximate surface area is 76.3 Å². The van der Waals surface area contributed by atoms with Gasteiger partial charge in [-0.15, -0.1) is 0 Å². The molecule has 0 radical (unpaired) electrons. The summed E-state index contributed by atoms with van der Waals surface area (Å²) in [5, 5.41) is 10.9. The summed E-state index contributed by atoms with van der Waals surface area (Å²) < 4.78 is 0. The third-order valence-corrected chi connectivity index (χ3v) is 1.44. The van der Waals surface area contributed by atoms with Crippen molar-refractivity contribution in [1.82, 2.24) is 0 Å². The van der Waals surface area contributed by atoms with Crippen molar-refractivity contribution < 1.29 is 4.79 Å². The number of nitriles is 1. The maximum absolute atomic E-state index is 11.1. The van der Waals surface area contributed by atoms with Crippen molar-refractivity contribution in [2.24, 2.45) is 0 Å². The SMILES string of the molecule is C=C(C#N)C(=O)Nc1ccccc1. The van der Waals surface area contributed by atoms with Crippen LogP contribution in [0, 0.1) is 11.3 Å². The minimum Gasteiger partial charge on any atom is -0.321 e. The van der Waals surface area contributed by atoms with E-state index in [4.69, 9.17) is 5.26 Å². The predicted octanol–water partition coefficient (Wildman–Crippen LogP) is 1.70. The Morgan fingerprint density at radius 3 is 2.54 bits per heavy atom. The zero-order valence-corrected chi connectivity index (χ0v) is 6.95. The van der Waals surface area contributed by atoms with Gasteiger partial charge in [-0.05, 0) is 12.1 Å². The number of anilines is 1. The lowest BCUT2D eigenvalue weighted by molar-refractivity contribution is -0.112. The molecular weight excluding hydrogens is 164 g/mol. The molecule has 0 fully saturated rings. The first-order chi connectivity index (χ1) is 6.24. The fourth-order valence-corrected chi connectivity index (χ4v) is 0.779. The summed E-state index contributed by atoms with van der Waals surface area (Å²) in [5.74, 6) is -0.464. The molecule has 0 aliphatic rings. The van der Waals surface area contributed by atoms with E-state index in [1.807, 2.05) is 6.07 Å². The molecule has 0 atom stereocenters. The first-order valence-electron chi connectivity index (χ1n) is 3.69. The van der Waals surface area contributed by atoms with Gasteiger partial charge in [-0.25, -0.2) is 0 Å². The van der Waals surface area contributed by atoms with Crippen LogP contribution >= 0.6 is 0 Å². The van der Waals surface area contributed by atoms with Crippen LogP contribution in [0.15, 0.2) is 42.5 Å². The summed E-state index contributed by atoms with van der Waals surface area (Å²) in [7, 11) is 0. The van der Waals surface area contributed by atoms with Crippen molar-refractivity contribution >= 4 is 11.6 Å². The molecule has 0 unspecified atom stereocenters. The van der Waals surface area contributed by atoms with Crippen LogP contribution in [-0.4, -0.2) is 5.91 Å². The van der Waals surface area contributed by atoms with Crippen LogP contribution in [-0.2, 0) is 4.79 Å². The molecule has 1 aromatic rings. The number of nitrogens with zero attached hydrogens (tertiary/aromatic N) is 1. The minimum absolute atomic E-state index is 0.0937. The second-order valence-corrected chi connectivity index (χ2v) is 2.41. The zero-order chi connectivity index (χ0) is 9.68. The number of benzene rings is 1. The molecule has 0 saturated heterocycles. The summed E-state index contributed by atoms with van der Waals surface area (Å²) in [6, 6.07) is 10.6. The Balaban J connectivity index is 2.67. The Morgan fingerprint density at radius 2 is 2.00 bits per heavy atom. The zero-order valence-electron chi connectivity index (χ0n) is 6.95. The lowest BCUT2D eigenvalue weighted by Crippen LogP contribution is -2.12. The molecule has 0 spiro atoms. The molecule has 1 aromatic carbocycles. The second kappa shape index (κ2) is 4.07. The van der Waals surface area contributed by atoms with E-state index in [0.717, 1.165) is 0 Å². The van der Waals surface area contributed by atoms with E-state index >= 15 is 0 Å². The number of rotatable bonds is 2. The topological polar surface area (TPSA) is 52.9 Å². The van der Waals surface area contributed by atoms with Gasteiger partial charge in [0.15, 0.2) is 0 Å². The van der Waals surface area contributed by atoms with Crippen LogP contribution < -0.4 is 5.32 Å². The van der Waals surface area contributed by atoms with Crippen LogP contribution in [0.25, 0.3) is 0 Å². The van der Waals surface area contributed by atoms with E-state index in [1.165, 1.54) is 0 Å². The smallest absolute Gasteiger partial charge is 0.265 e. The molecule has 0 bridgehead atoms. The molecule has 13 heavy (non-hydrogen) atoms. The van der Waals surface area contributed by atoms with Gasteiger partial charge in [-0.1, -0.05) is 24.8 Å². The second-order valence-electron chi connectivity index (χ2n) is 2.41. The highest BCUT2D eigenvalue weighted by atomic mass is 16.1. The first kappa shape index (κ1) is 9.01. The van der Waals surface area contributed by atoms with Gasteiger partial charge in [0.05, 0.1) is 0 Å². The van der Waals surface area contributed by atoms with Gasteiger partial charge in [0, 0.05) is 5.69 Å². The van der Waals surface area contributed by atoms with Crippen LogP contribution in [0.1, 0.15) is 0 Å². The van der Waals surface area contributed by atoms with Gasteiger partial charge in [0.2, 0.25) is 0 Å². The quantitative estimate of drug-likeness (QED) is 0.545. The van der Waals surface area contributed by atoms with Gasteiger partial charge in [-0.3, -0.25) is 4.79 Å². The molecule has 1 rings (SSSR count). The highest BCUT2D eigenvalue weighted by molar-refractivity contribution is 6.05. The Kier molecular flexibility index (Phi) is 2.82. The fraction of sp³-hybridized carbons (Fsp3) is 0. The normalized spacial score (nSPS) is 8.54. The Morgan fingerprint density at radius 1 is 1.38 bits per heavy atom. The molecule has 64 valence electrons. The molecule has 3 nitrogen and oxygen atoms in total. The van der Waals surface area contributed by atoms with Crippen molar-refractivity contribution in [3.8, 4) is 6.07 Å². The highest BCUT2D eigenvalue weighted by Gasteiger charge is 2.04. The molecule has 3 heteroatoms. The summed E-state index contributed by atoms with van der Waals surface area (Å²) in [5.41, 5.74) is 0.563. The average Bonchev–Trinajstić information content (AvgIpc) is 2.18. The third-order valence-electron chi connectivity index (χ3n) is 1.44. The molecule has 1 amide bonds. The van der Waals surface area contributed by atoms with E-state index in [0.29, 0.717) is 5.69 Å². The first-order valence-corrected chi connectivity index (χ1v) is 3.69. The maximum atomic E-state index is 11.1. The van der Waals surface area contributed by atoms with E-state index in [2.05, 4.69) is 11.9 Å². The molecule has 0 heterocycles. The fourth-order valence-electron chi connectivity index (χ4n) is 0.779. The molecule has 0 aliphatic heterocycles. The van der Waals surface area contributed by atoms with Crippen LogP contribution in [0.3, 0.4) is 0 Å². The van der Waals surface area contributed by atoms with Gasteiger partial charge >= 0.3 is 0 Å². The van der Waals surface area contributed by atoms with E-state index in [9.17, 15) is 4.79 Å². The molecule has 1 N–H and O–H groups in total. The van der Waals surface area contributed by atoms with Gasteiger partial charge in [0.1, 0.15) is 11.6 Å². The Bertz CT molecular complexity index is 362. The molecular formula is C10H8N2O. The molecule has 0 aromatic heterocycles. The summed E-state index contributed by atoms with van der Waals surface area (Å²) in [4.78, 5) is 11.1. The van der Waals surface area contributed by atoms with Crippen molar-refractivity contribution in [1.29, 1.82) is 5.26 Å². The van der Waals surface area contributed by atoms with Crippen molar-refractivity contribution in [3.05, 3.63) is 42.5 Å². The summed E-state index contributed by atoms with van der Waals surface area (Å²) >= 11 is 0. The lowest BCUT2D eigenvalue weighted by atomic mass is 10.3.